The quantitative estimate of drug-likeness (QED) is 0.634. The van der Waals surface area contributed by atoms with Gasteiger partial charge in [-0.25, -0.2) is 0 Å². The molecule has 0 radical (unpaired) electrons. The number of benzene rings is 1. The topological polar surface area (TPSA) is 55.7 Å². The summed E-state index contributed by atoms with van der Waals surface area (Å²) in [6.07, 6.45) is -0.154. The maximum absolute atomic E-state index is 12.0. The zero-order valence-electron chi connectivity index (χ0n) is 10.1. The van der Waals surface area contributed by atoms with Gasteiger partial charge in [0, 0.05) is 11.9 Å². The Morgan fingerprint density at radius 1 is 1.33 bits per heavy atom. The number of ether oxygens (including phenoxy) is 1. The minimum absolute atomic E-state index is 0.0565. The Kier molecular flexibility index (Phi) is 5.01. The van der Waals surface area contributed by atoms with Crippen molar-refractivity contribution in [3.8, 4) is 0 Å². The summed E-state index contributed by atoms with van der Waals surface area (Å²) in [5.74, 6) is 0.0565. The molecular weight excluding hydrogens is 297 g/mol. The summed E-state index contributed by atoms with van der Waals surface area (Å²) in [5.41, 5.74) is 0. The summed E-state index contributed by atoms with van der Waals surface area (Å²) in [7, 11) is -3.91. The number of rotatable bonds is 3. The van der Waals surface area contributed by atoms with Gasteiger partial charge < -0.3 is 4.74 Å². The van der Waals surface area contributed by atoms with Gasteiger partial charge in [0.2, 0.25) is 0 Å². The Labute approximate surface area is 117 Å². The number of halogens is 2. The third kappa shape index (κ3) is 4.15. The minimum atomic E-state index is -3.91. The highest BCUT2D eigenvalue weighted by Crippen LogP contribution is 2.26. The Morgan fingerprint density at radius 3 is 2.50 bits per heavy atom. The van der Waals surface area contributed by atoms with Gasteiger partial charge >= 0.3 is 0 Å². The molecule has 0 amide bonds. The van der Waals surface area contributed by atoms with E-state index in [1.165, 1.54) is 25.1 Å². The Balaban J connectivity index is 3.18. The van der Waals surface area contributed by atoms with Crippen molar-refractivity contribution in [1.29, 1.82) is 0 Å². The van der Waals surface area contributed by atoms with Gasteiger partial charge in [0.25, 0.3) is 10.0 Å². The predicted octanol–water partition coefficient (Wildman–Crippen LogP) is 3.53. The van der Waals surface area contributed by atoms with Crippen molar-refractivity contribution in [2.75, 3.05) is 0 Å². The van der Waals surface area contributed by atoms with Crippen LogP contribution >= 0.6 is 23.2 Å². The van der Waals surface area contributed by atoms with E-state index in [4.69, 9.17) is 27.9 Å². The SMILES string of the molecule is C/C(=N\S(=O)(=O)c1cc(Cl)ccc1Cl)OC(C)C. The Bertz CT molecular complexity index is 568. The van der Waals surface area contributed by atoms with E-state index in [1.54, 1.807) is 13.8 Å². The van der Waals surface area contributed by atoms with Crippen molar-refractivity contribution in [1.82, 2.24) is 0 Å². The van der Waals surface area contributed by atoms with Gasteiger partial charge in [-0.05, 0) is 32.0 Å². The van der Waals surface area contributed by atoms with Crippen LogP contribution in [0.5, 0.6) is 0 Å². The van der Waals surface area contributed by atoms with E-state index in [-0.39, 0.29) is 26.9 Å². The molecule has 4 nitrogen and oxygen atoms in total. The average Bonchev–Trinajstić information content (AvgIpc) is 2.19. The molecule has 0 N–H and O–H groups in total. The van der Waals surface area contributed by atoms with Crippen molar-refractivity contribution in [2.24, 2.45) is 4.40 Å². The summed E-state index contributed by atoms with van der Waals surface area (Å²) < 4.78 is 32.7. The number of sulfonamides is 1. The van der Waals surface area contributed by atoms with Crippen LogP contribution in [0, 0.1) is 0 Å². The lowest BCUT2D eigenvalue weighted by Crippen LogP contribution is -2.11. The molecule has 0 heterocycles. The highest BCUT2D eigenvalue weighted by atomic mass is 35.5. The third-order valence-electron chi connectivity index (χ3n) is 1.83. The number of hydrogen-bond acceptors (Lipinski definition) is 3. The smallest absolute Gasteiger partial charge is 0.286 e. The fraction of sp³-hybridized carbons (Fsp3) is 0.364. The van der Waals surface area contributed by atoms with Crippen LogP contribution in [0.2, 0.25) is 10.0 Å². The molecule has 0 unspecified atom stereocenters. The number of nitrogens with zero attached hydrogens (tertiary/aromatic N) is 1. The lowest BCUT2D eigenvalue weighted by atomic mass is 10.4. The largest absolute Gasteiger partial charge is 0.478 e. The molecule has 0 bridgehead atoms. The highest BCUT2D eigenvalue weighted by molar-refractivity contribution is 7.90. The molecule has 0 aliphatic carbocycles. The van der Waals surface area contributed by atoms with Crippen LogP contribution in [0.3, 0.4) is 0 Å². The molecule has 0 aliphatic rings. The second-order valence-corrected chi connectivity index (χ2v) is 6.24. The Hall–Kier alpha value is -0.780. The first-order valence-electron chi connectivity index (χ1n) is 5.15. The summed E-state index contributed by atoms with van der Waals surface area (Å²) in [6, 6.07) is 4.17. The fourth-order valence-electron chi connectivity index (χ4n) is 1.26. The summed E-state index contributed by atoms with van der Waals surface area (Å²) in [6.45, 7) is 5.02. The van der Waals surface area contributed by atoms with Gasteiger partial charge in [0.15, 0.2) is 5.90 Å². The molecule has 0 spiro atoms. The summed E-state index contributed by atoms with van der Waals surface area (Å²) >= 11 is 11.6. The number of hydrogen-bond donors (Lipinski definition) is 0. The van der Waals surface area contributed by atoms with Crippen LogP contribution in [-0.2, 0) is 14.8 Å². The second-order valence-electron chi connectivity index (χ2n) is 3.83. The van der Waals surface area contributed by atoms with Gasteiger partial charge in [-0.1, -0.05) is 23.2 Å². The lowest BCUT2D eigenvalue weighted by molar-refractivity contribution is 0.227. The van der Waals surface area contributed by atoms with Crippen molar-refractivity contribution >= 4 is 39.1 Å². The first-order chi connectivity index (χ1) is 8.22. The third-order valence-corrected chi connectivity index (χ3v) is 3.89. The maximum atomic E-state index is 12.0. The molecule has 0 saturated heterocycles. The first kappa shape index (κ1) is 15.3. The van der Waals surface area contributed by atoms with Gasteiger partial charge in [-0.15, -0.1) is 4.40 Å². The molecule has 0 aliphatic heterocycles. The van der Waals surface area contributed by atoms with E-state index >= 15 is 0 Å². The van der Waals surface area contributed by atoms with Crippen molar-refractivity contribution < 1.29 is 13.2 Å². The lowest BCUT2D eigenvalue weighted by Gasteiger charge is -2.09. The van der Waals surface area contributed by atoms with Gasteiger partial charge in [0.1, 0.15) is 4.90 Å². The van der Waals surface area contributed by atoms with E-state index < -0.39 is 10.0 Å². The second kappa shape index (κ2) is 5.91. The minimum Gasteiger partial charge on any atom is -0.478 e. The molecule has 0 aromatic heterocycles. The molecule has 1 rings (SSSR count). The molecule has 18 heavy (non-hydrogen) atoms. The van der Waals surface area contributed by atoms with Gasteiger partial charge in [-0.3, -0.25) is 0 Å². The van der Waals surface area contributed by atoms with Crippen LogP contribution < -0.4 is 0 Å². The molecule has 0 saturated carbocycles. The monoisotopic (exact) mass is 309 g/mol. The Morgan fingerprint density at radius 2 is 1.94 bits per heavy atom. The zero-order valence-corrected chi connectivity index (χ0v) is 12.5. The molecular formula is C11H13Cl2NO3S. The van der Waals surface area contributed by atoms with E-state index in [0.717, 1.165) is 0 Å². The van der Waals surface area contributed by atoms with E-state index in [2.05, 4.69) is 4.40 Å². The van der Waals surface area contributed by atoms with E-state index in [1.807, 2.05) is 0 Å². The first-order valence-corrected chi connectivity index (χ1v) is 7.35. The molecule has 7 heteroatoms. The normalized spacial score (nSPS) is 12.9. The summed E-state index contributed by atoms with van der Waals surface area (Å²) in [5, 5.41) is 0.344. The molecule has 100 valence electrons. The fourth-order valence-corrected chi connectivity index (χ4v) is 2.97. The van der Waals surface area contributed by atoms with Crippen LogP contribution in [-0.4, -0.2) is 20.4 Å². The predicted molar refractivity (Wildman–Crippen MR) is 73.0 cm³/mol. The van der Waals surface area contributed by atoms with Crippen molar-refractivity contribution in [3.05, 3.63) is 28.2 Å². The molecule has 1 aromatic carbocycles. The maximum Gasteiger partial charge on any atom is 0.286 e. The zero-order chi connectivity index (χ0) is 13.9. The standard InChI is InChI=1S/C11H13Cl2NO3S/c1-7(2)17-8(3)14-18(15,16)11-6-9(12)4-5-10(11)13/h4-7H,1-3H3/b14-8+. The van der Waals surface area contributed by atoms with Gasteiger partial charge in [0.05, 0.1) is 11.1 Å². The molecule has 1 aromatic rings. The highest BCUT2D eigenvalue weighted by Gasteiger charge is 2.18. The molecule has 0 fully saturated rings. The van der Waals surface area contributed by atoms with Crippen LogP contribution in [0.1, 0.15) is 20.8 Å². The van der Waals surface area contributed by atoms with E-state index in [0.29, 0.717) is 0 Å². The molecule has 0 atom stereocenters. The summed E-state index contributed by atoms with van der Waals surface area (Å²) in [4.78, 5) is -0.136. The van der Waals surface area contributed by atoms with Crippen molar-refractivity contribution in [2.45, 2.75) is 31.8 Å². The van der Waals surface area contributed by atoms with Crippen molar-refractivity contribution in [3.63, 3.8) is 0 Å². The van der Waals surface area contributed by atoms with Crippen LogP contribution in [0.4, 0.5) is 0 Å². The van der Waals surface area contributed by atoms with Crippen LogP contribution in [0.15, 0.2) is 27.5 Å². The van der Waals surface area contributed by atoms with E-state index in [9.17, 15) is 8.42 Å². The average molecular weight is 310 g/mol. The van der Waals surface area contributed by atoms with Gasteiger partial charge in [-0.2, -0.15) is 8.42 Å². The van der Waals surface area contributed by atoms with Crippen LogP contribution in [0.25, 0.3) is 0 Å².